The lowest BCUT2D eigenvalue weighted by atomic mass is 9.87. The first kappa shape index (κ1) is 23.1. The van der Waals surface area contributed by atoms with Gasteiger partial charge in [0.05, 0.1) is 12.2 Å². The second-order valence-electron chi connectivity index (χ2n) is 8.88. The number of benzene rings is 2. The van der Waals surface area contributed by atoms with Crippen LogP contribution < -0.4 is 15.6 Å². The highest BCUT2D eigenvalue weighted by Gasteiger charge is 2.32. The summed E-state index contributed by atoms with van der Waals surface area (Å²) in [4.78, 5) is 30.1. The van der Waals surface area contributed by atoms with Crippen molar-refractivity contribution >= 4 is 23.5 Å². The molecular weight excluding hydrogens is 434 g/mol. The van der Waals surface area contributed by atoms with Crippen LogP contribution in [-0.2, 0) is 17.6 Å². The number of ether oxygens (including phenoxy) is 1. The van der Waals surface area contributed by atoms with Crippen LogP contribution in [-0.4, -0.2) is 22.1 Å². The molecule has 2 aromatic carbocycles. The summed E-state index contributed by atoms with van der Waals surface area (Å²) in [5, 5.41) is 3.49. The van der Waals surface area contributed by atoms with E-state index in [9.17, 15) is 9.59 Å². The third-order valence-corrected chi connectivity index (χ3v) is 6.72. The quantitative estimate of drug-likeness (QED) is 0.399. The normalized spacial score (nSPS) is 15.3. The van der Waals surface area contributed by atoms with Crippen LogP contribution in [0.1, 0.15) is 48.4 Å². The maximum atomic E-state index is 13.1. The Bertz CT molecular complexity index is 1220. The predicted molar refractivity (Wildman–Crippen MR) is 132 cm³/mol. The Hall–Kier alpha value is -3.06. The molecule has 0 saturated carbocycles. The molecule has 1 aromatic heterocycles. The van der Waals surface area contributed by atoms with Crippen molar-refractivity contribution in [3.05, 3.63) is 81.1 Å². The van der Waals surface area contributed by atoms with Gasteiger partial charge in [-0.15, -0.1) is 0 Å². The minimum atomic E-state index is -0.338. The summed E-state index contributed by atoms with van der Waals surface area (Å²) < 4.78 is 7.59. The highest BCUT2D eigenvalue weighted by atomic mass is 32.2. The molecule has 3 aromatic rings. The van der Waals surface area contributed by atoms with E-state index in [1.54, 1.807) is 0 Å². The molecule has 4 rings (SSSR count). The summed E-state index contributed by atoms with van der Waals surface area (Å²) in [6, 6.07) is 15.9. The molecule has 0 saturated heterocycles. The molecule has 0 bridgehead atoms. The van der Waals surface area contributed by atoms with Crippen molar-refractivity contribution in [2.75, 3.05) is 11.9 Å². The van der Waals surface area contributed by atoms with Gasteiger partial charge in [-0.3, -0.25) is 9.59 Å². The van der Waals surface area contributed by atoms with Crippen LogP contribution in [0.3, 0.4) is 0 Å². The van der Waals surface area contributed by atoms with Gasteiger partial charge in [0.1, 0.15) is 11.6 Å². The van der Waals surface area contributed by atoms with Gasteiger partial charge in [0.25, 0.3) is 5.56 Å². The fourth-order valence-corrected chi connectivity index (χ4v) is 4.87. The molecule has 0 aliphatic carbocycles. The summed E-state index contributed by atoms with van der Waals surface area (Å²) in [6.45, 7) is 6.89. The number of thioether (sulfide) groups is 1. The number of carbonyl (C=O) groups excluding carboxylic acids is 1. The maximum Gasteiger partial charge on any atom is 0.279 e. The number of aromatic nitrogens is 2. The Morgan fingerprint density at radius 2 is 1.94 bits per heavy atom. The zero-order valence-corrected chi connectivity index (χ0v) is 20.2. The lowest BCUT2D eigenvalue weighted by molar-refractivity contribution is -0.116. The molecule has 0 fully saturated rings. The molecule has 1 N–H and O–H groups in total. The van der Waals surface area contributed by atoms with Gasteiger partial charge >= 0.3 is 0 Å². The van der Waals surface area contributed by atoms with Crippen molar-refractivity contribution in [1.82, 2.24) is 9.55 Å². The number of fused-ring (bicyclic) bond motifs is 1. The summed E-state index contributed by atoms with van der Waals surface area (Å²) in [5.74, 6) is 1.99. The molecule has 1 amide bonds. The Kier molecular flexibility index (Phi) is 6.88. The van der Waals surface area contributed by atoms with Crippen molar-refractivity contribution in [2.24, 2.45) is 13.0 Å². The molecule has 2 heterocycles. The van der Waals surface area contributed by atoms with Crippen molar-refractivity contribution < 1.29 is 9.53 Å². The molecule has 1 atom stereocenters. The lowest BCUT2D eigenvalue weighted by Gasteiger charge is -2.27. The second-order valence-corrected chi connectivity index (χ2v) is 9.82. The Balaban J connectivity index is 1.62. The highest BCUT2D eigenvalue weighted by molar-refractivity contribution is 7.98. The zero-order valence-electron chi connectivity index (χ0n) is 19.4. The van der Waals surface area contributed by atoms with E-state index in [0.717, 1.165) is 16.9 Å². The number of rotatable bonds is 7. The van der Waals surface area contributed by atoms with Crippen molar-refractivity contribution in [3.63, 3.8) is 0 Å². The van der Waals surface area contributed by atoms with Crippen molar-refractivity contribution in [2.45, 2.75) is 44.0 Å². The van der Waals surface area contributed by atoms with Crippen LogP contribution in [0.5, 0.6) is 5.75 Å². The van der Waals surface area contributed by atoms with E-state index >= 15 is 0 Å². The zero-order chi connectivity index (χ0) is 23.5. The first-order chi connectivity index (χ1) is 15.8. The minimum Gasteiger partial charge on any atom is -0.493 e. The van der Waals surface area contributed by atoms with Gasteiger partial charge in [-0.25, -0.2) is 0 Å². The molecule has 33 heavy (non-hydrogen) atoms. The first-order valence-corrected chi connectivity index (χ1v) is 12.1. The SMILES string of the molecule is Cc1cccc(CSc2nc(=O)c3c(n2C)NC(=O)C[C@H]3c2ccc(OCC(C)C)cc2)c1. The minimum absolute atomic E-state index is 0.108. The Morgan fingerprint density at radius 3 is 2.64 bits per heavy atom. The van der Waals surface area contributed by atoms with E-state index in [4.69, 9.17) is 4.74 Å². The average molecular weight is 464 g/mol. The van der Waals surface area contributed by atoms with E-state index in [1.807, 2.05) is 41.9 Å². The summed E-state index contributed by atoms with van der Waals surface area (Å²) in [5.41, 5.74) is 3.50. The van der Waals surface area contributed by atoms with E-state index < -0.39 is 0 Å². The molecule has 0 radical (unpaired) electrons. The number of aryl methyl sites for hydroxylation is 1. The van der Waals surface area contributed by atoms with Crippen molar-refractivity contribution in [1.29, 1.82) is 0 Å². The van der Waals surface area contributed by atoms with Crippen LogP contribution in [0.4, 0.5) is 5.82 Å². The van der Waals surface area contributed by atoms with Gasteiger partial charge in [0.2, 0.25) is 5.91 Å². The number of hydrogen-bond donors (Lipinski definition) is 1. The summed E-state index contributed by atoms with van der Waals surface area (Å²) in [6.07, 6.45) is 0.214. The van der Waals surface area contributed by atoms with Crippen LogP contribution in [0.2, 0.25) is 0 Å². The maximum absolute atomic E-state index is 13.1. The molecule has 172 valence electrons. The topological polar surface area (TPSA) is 73.2 Å². The fraction of sp³-hybridized carbons (Fsp3) is 0.346. The Labute approximate surface area is 198 Å². The number of amides is 1. The third kappa shape index (κ3) is 5.30. The van der Waals surface area contributed by atoms with Crippen LogP contribution in [0.25, 0.3) is 0 Å². The number of nitrogens with zero attached hydrogens (tertiary/aromatic N) is 2. The van der Waals surface area contributed by atoms with Crippen LogP contribution in [0.15, 0.2) is 58.5 Å². The van der Waals surface area contributed by atoms with Crippen LogP contribution in [0, 0.1) is 12.8 Å². The van der Waals surface area contributed by atoms with Gasteiger partial charge in [-0.2, -0.15) is 4.98 Å². The monoisotopic (exact) mass is 463 g/mol. The smallest absolute Gasteiger partial charge is 0.279 e. The molecule has 6 nitrogen and oxygen atoms in total. The number of anilines is 1. The number of carbonyl (C=O) groups is 1. The molecule has 0 spiro atoms. The highest BCUT2D eigenvalue weighted by Crippen LogP contribution is 2.36. The van der Waals surface area contributed by atoms with Gasteiger partial charge in [0.15, 0.2) is 5.16 Å². The molecule has 0 unspecified atom stereocenters. The van der Waals surface area contributed by atoms with Gasteiger partial charge in [-0.1, -0.05) is 67.6 Å². The fourth-order valence-electron chi connectivity index (χ4n) is 3.96. The van der Waals surface area contributed by atoms with E-state index in [1.165, 1.54) is 17.3 Å². The second kappa shape index (κ2) is 9.83. The Morgan fingerprint density at radius 1 is 1.18 bits per heavy atom. The van der Waals surface area contributed by atoms with E-state index in [-0.39, 0.29) is 23.8 Å². The molecular formula is C26H29N3O3S. The third-order valence-electron chi connectivity index (χ3n) is 5.62. The van der Waals surface area contributed by atoms with E-state index in [0.29, 0.717) is 34.8 Å². The first-order valence-electron chi connectivity index (χ1n) is 11.1. The largest absolute Gasteiger partial charge is 0.493 e. The average Bonchev–Trinajstić information content (AvgIpc) is 2.79. The lowest BCUT2D eigenvalue weighted by Crippen LogP contribution is -2.33. The molecule has 1 aliphatic heterocycles. The standard InChI is InChI=1S/C26H29N3O3S/c1-16(2)14-32-20-10-8-19(9-11-20)21-13-22(30)27-24-23(21)25(31)28-26(29(24)4)33-15-18-7-5-6-17(3)12-18/h5-12,16,21H,13-15H2,1-4H3,(H,27,30)/t21-/m0/s1. The van der Waals surface area contributed by atoms with Gasteiger partial charge in [-0.05, 0) is 36.1 Å². The van der Waals surface area contributed by atoms with Gasteiger partial charge < -0.3 is 14.6 Å². The van der Waals surface area contributed by atoms with Crippen LogP contribution >= 0.6 is 11.8 Å². The van der Waals surface area contributed by atoms with Crippen molar-refractivity contribution in [3.8, 4) is 5.75 Å². The molecule has 1 aliphatic rings. The number of nitrogens with one attached hydrogen (secondary N) is 1. The molecule has 7 heteroatoms. The van der Waals surface area contributed by atoms with E-state index in [2.05, 4.69) is 49.3 Å². The summed E-state index contributed by atoms with van der Waals surface area (Å²) >= 11 is 1.49. The summed E-state index contributed by atoms with van der Waals surface area (Å²) in [7, 11) is 1.84. The predicted octanol–water partition coefficient (Wildman–Crippen LogP) is 4.89. The van der Waals surface area contributed by atoms with Gasteiger partial charge in [0, 0.05) is 25.1 Å². The number of hydrogen-bond acceptors (Lipinski definition) is 5.